The number of rotatable bonds is 1. The standard InChI is InChI=1S/C14H18N2O4S/c1-10-4-5-16(6-7-21(10)18)14(17)15-11-2-3-12-13(8-11)20-9-19-12/h2-3,8,10H,4-7,9H2,1H3,(H,15,17)/t10-,21-/m0/s1. The van der Waals surface area contributed by atoms with Gasteiger partial charge < -0.3 is 19.7 Å². The second-order valence-corrected chi connectivity index (χ2v) is 7.14. The first kappa shape index (κ1) is 14.2. The maximum Gasteiger partial charge on any atom is 0.321 e. The predicted octanol–water partition coefficient (Wildman–Crippen LogP) is 1.79. The summed E-state index contributed by atoms with van der Waals surface area (Å²) in [6.07, 6.45) is 0.765. The van der Waals surface area contributed by atoms with Crippen molar-refractivity contribution in [2.45, 2.75) is 18.6 Å². The first-order valence-corrected chi connectivity index (χ1v) is 8.34. The number of fused-ring (bicyclic) bond motifs is 1. The molecular formula is C14H18N2O4S. The Bertz CT molecular complexity index is 578. The summed E-state index contributed by atoms with van der Waals surface area (Å²) in [6.45, 7) is 3.33. The third-order valence-electron chi connectivity index (χ3n) is 3.73. The Morgan fingerprint density at radius 3 is 3.00 bits per heavy atom. The summed E-state index contributed by atoms with van der Waals surface area (Å²) in [5.41, 5.74) is 0.669. The Morgan fingerprint density at radius 1 is 1.33 bits per heavy atom. The van der Waals surface area contributed by atoms with Crippen LogP contribution in [0.1, 0.15) is 13.3 Å². The van der Waals surface area contributed by atoms with Crippen LogP contribution in [0, 0.1) is 0 Å². The van der Waals surface area contributed by atoms with E-state index in [0.717, 1.165) is 6.42 Å². The maximum atomic E-state index is 12.3. The molecule has 2 atom stereocenters. The summed E-state index contributed by atoms with van der Waals surface area (Å²) in [7, 11) is -0.844. The van der Waals surface area contributed by atoms with Crippen molar-refractivity contribution < 1.29 is 18.5 Å². The molecule has 21 heavy (non-hydrogen) atoms. The van der Waals surface area contributed by atoms with Gasteiger partial charge in [0, 0.05) is 46.6 Å². The number of nitrogens with one attached hydrogen (secondary N) is 1. The Kier molecular flexibility index (Phi) is 4.01. The molecule has 0 aromatic heterocycles. The zero-order chi connectivity index (χ0) is 14.8. The number of carbonyl (C=O) groups excluding carboxylic acids is 1. The van der Waals surface area contributed by atoms with Crippen molar-refractivity contribution in [3.8, 4) is 11.5 Å². The molecule has 1 saturated heterocycles. The van der Waals surface area contributed by atoms with Gasteiger partial charge in [0.2, 0.25) is 6.79 Å². The third-order valence-corrected chi connectivity index (χ3v) is 5.45. The molecule has 3 rings (SSSR count). The number of amides is 2. The topological polar surface area (TPSA) is 67.9 Å². The molecule has 0 bridgehead atoms. The maximum absolute atomic E-state index is 12.3. The molecule has 0 aliphatic carbocycles. The van der Waals surface area contributed by atoms with Crippen molar-refractivity contribution in [3.05, 3.63) is 18.2 Å². The smallest absolute Gasteiger partial charge is 0.321 e. The Labute approximate surface area is 125 Å². The van der Waals surface area contributed by atoms with Crippen LogP contribution in [-0.4, -0.2) is 46.0 Å². The van der Waals surface area contributed by atoms with Crippen LogP contribution < -0.4 is 14.8 Å². The van der Waals surface area contributed by atoms with E-state index in [1.807, 2.05) is 6.92 Å². The van der Waals surface area contributed by atoms with E-state index >= 15 is 0 Å². The van der Waals surface area contributed by atoms with Crippen molar-refractivity contribution in [2.75, 3.05) is 31.0 Å². The minimum absolute atomic E-state index is 0.147. The van der Waals surface area contributed by atoms with Crippen LogP contribution in [0.5, 0.6) is 11.5 Å². The fraction of sp³-hybridized carbons (Fsp3) is 0.500. The van der Waals surface area contributed by atoms with Crippen LogP contribution in [0.15, 0.2) is 18.2 Å². The highest BCUT2D eigenvalue weighted by Gasteiger charge is 2.23. The van der Waals surface area contributed by atoms with Crippen LogP contribution in [0.4, 0.5) is 10.5 Å². The van der Waals surface area contributed by atoms with E-state index in [1.165, 1.54) is 0 Å². The third kappa shape index (κ3) is 3.12. The number of benzene rings is 1. The van der Waals surface area contributed by atoms with Crippen molar-refractivity contribution in [1.29, 1.82) is 0 Å². The molecule has 0 radical (unpaired) electrons. The van der Waals surface area contributed by atoms with E-state index in [4.69, 9.17) is 9.47 Å². The summed E-state index contributed by atoms with van der Waals surface area (Å²) >= 11 is 0. The second-order valence-electron chi connectivity index (χ2n) is 5.17. The van der Waals surface area contributed by atoms with Gasteiger partial charge in [-0.2, -0.15) is 0 Å². The van der Waals surface area contributed by atoms with Gasteiger partial charge in [-0.3, -0.25) is 4.21 Å². The Morgan fingerprint density at radius 2 is 2.14 bits per heavy atom. The Hall–Kier alpha value is -1.76. The monoisotopic (exact) mass is 310 g/mol. The van der Waals surface area contributed by atoms with Crippen LogP contribution in [0.2, 0.25) is 0 Å². The largest absolute Gasteiger partial charge is 0.454 e. The number of nitrogens with zero attached hydrogens (tertiary/aromatic N) is 1. The lowest BCUT2D eigenvalue weighted by Gasteiger charge is -2.20. The van der Waals surface area contributed by atoms with Gasteiger partial charge in [-0.1, -0.05) is 6.92 Å². The molecule has 2 aliphatic heterocycles. The Balaban J connectivity index is 1.64. The molecule has 1 N–H and O–H groups in total. The van der Waals surface area contributed by atoms with Gasteiger partial charge in [-0.05, 0) is 18.6 Å². The van der Waals surface area contributed by atoms with E-state index in [9.17, 15) is 9.00 Å². The van der Waals surface area contributed by atoms with Crippen molar-refractivity contribution in [3.63, 3.8) is 0 Å². The normalized spacial score (nSPS) is 24.5. The predicted molar refractivity (Wildman–Crippen MR) is 80.2 cm³/mol. The van der Waals surface area contributed by atoms with Crippen LogP contribution in [-0.2, 0) is 10.8 Å². The molecule has 7 heteroatoms. The van der Waals surface area contributed by atoms with E-state index in [1.54, 1.807) is 23.1 Å². The molecule has 1 aromatic carbocycles. The first-order valence-electron chi connectivity index (χ1n) is 6.96. The first-order chi connectivity index (χ1) is 10.1. The van der Waals surface area contributed by atoms with Crippen LogP contribution in [0.3, 0.4) is 0 Å². The van der Waals surface area contributed by atoms with Gasteiger partial charge >= 0.3 is 6.03 Å². The highest BCUT2D eigenvalue weighted by Crippen LogP contribution is 2.34. The number of ether oxygens (including phenoxy) is 2. The number of hydrogen-bond acceptors (Lipinski definition) is 4. The van der Waals surface area contributed by atoms with Gasteiger partial charge in [0.1, 0.15) is 0 Å². The molecule has 1 fully saturated rings. The highest BCUT2D eigenvalue weighted by atomic mass is 32.2. The zero-order valence-corrected chi connectivity index (χ0v) is 12.6. The van der Waals surface area contributed by atoms with E-state index in [-0.39, 0.29) is 18.1 Å². The molecule has 1 aromatic rings. The average Bonchev–Trinajstić information content (AvgIpc) is 2.87. The number of anilines is 1. The lowest BCUT2D eigenvalue weighted by molar-refractivity contribution is 0.174. The number of carbonyl (C=O) groups is 1. The van der Waals surface area contributed by atoms with Crippen molar-refractivity contribution >= 4 is 22.5 Å². The summed E-state index contributed by atoms with van der Waals surface area (Å²) in [5, 5.41) is 3.00. The SMILES string of the molecule is C[C@H]1CCN(C(=O)Nc2ccc3c(c2)OCO3)CC[S@@]1=O. The minimum atomic E-state index is -0.844. The average molecular weight is 310 g/mol. The lowest BCUT2D eigenvalue weighted by atomic mass is 10.3. The fourth-order valence-electron chi connectivity index (χ4n) is 2.36. The molecule has 0 saturated carbocycles. The molecule has 0 unspecified atom stereocenters. The molecule has 0 spiro atoms. The quantitative estimate of drug-likeness (QED) is 0.859. The summed E-state index contributed by atoms with van der Waals surface area (Å²) in [4.78, 5) is 14.0. The van der Waals surface area contributed by atoms with Crippen LogP contribution in [0.25, 0.3) is 0 Å². The van der Waals surface area contributed by atoms with Gasteiger partial charge in [0.05, 0.1) is 0 Å². The molecule has 114 valence electrons. The highest BCUT2D eigenvalue weighted by molar-refractivity contribution is 7.85. The van der Waals surface area contributed by atoms with Crippen molar-refractivity contribution in [2.24, 2.45) is 0 Å². The van der Waals surface area contributed by atoms with E-state index < -0.39 is 10.8 Å². The second kappa shape index (κ2) is 5.93. The lowest BCUT2D eigenvalue weighted by Crippen LogP contribution is -2.36. The summed E-state index contributed by atoms with van der Waals surface area (Å²) in [6, 6.07) is 5.14. The zero-order valence-electron chi connectivity index (χ0n) is 11.8. The summed E-state index contributed by atoms with van der Waals surface area (Å²) < 4.78 is 22.3. The van der Waals surface area contributed by atoms with Gasteiger partial charge in [-0.25, -0.2) is 4.79 Å². The van der Waals surface area contributed by atoms with Gasteiger partial charge in [-0.15, -0.1) is 0 Å². The summed E-state index contributed by atoms with van der Waals surface area (Å²) in [5.74, 6) is 1.86. The molecular weight excluding hydrogens is 292 g/mol. The minimum Gasteiger partial charge on any atom is -0.454 e. The van der Waals surface area contributed by atoms with Gasteiger partial charge in [0.25, 0.3) is 0 Å². The molecule has 2 aliphatic rings. The van der Waals surface area contributed by atoms with E-state index in [0.29, 0.717) is 36.0 Å². The number of hydrogen-bond donors (Lipinski definition) is 1. The number of urea groups is 1. The van der Waals surface area contributed by atoms with E-state index in [2.05, 4.69) is 5.32 Å². The van der Waals surface area contributed by atoms with Crippen LogP contribution >= 0.6 is 0 Å². The van der Waals surface area contributed by atoms with Crippen molar-refractivity contribution in [1.82, 2.24) is 4.90 Å². The van der Waals surface area contributed by atoms with Gasteiger partial charge in [0.15, 0.2) is 11.5 Å². The molecule has 2 amide bonds. The molecule has 2 heterocycles. The molecule has 6 nitrogen and oxygen atoms in total. The fourth-order valence-corrected chi connectivity index (χ4v) is 3.53.